The first-order valence-corrected chi connectivity index (χ1v) is 8.39. The number of amides is 2. The van der Waals surface area contributed by atoms with Crippen LogP contribution in [-0.4, -0.2) is 46.9 Å². The topological polar surface area (TPSA) is 86.7 Å². The molecule has 2 amide bonds. The maximum absolute atomic E-state index is 12.3. The second-order valence-electron chi connectivity index (χ2n) is 7.46. The van der Waals surface area contributed by atoms with Crippen molar-refractivity contribution >= 4 is 17.8 Å². The number of hydrogen-bond acceptors (Lipinski definition) is 3. The molecular formula is C17H30N2O4. The minimum Gasteiger partial charge on any atom is -0.479 e. The van der Waals surface area contributed by atoms with Crippen molar-refractivity contribution in [2.75, 3.05) is 13.6 Å². The Bertz CT molecular complexity index is 448. The Kier molecular flexibility index (Phi) is 6.59. The molecule has 0 aromatic rings. The van der Waals surface area contributed by atoms with Crippen LogP contribution in [0.25, 0.3) is 0 Å². The van der Waals surface area contributed by atoms with E-state index in [0.717, 1.165) is 19.3 Å². The van der Waals surface area contributed by atoms with Crippen LogP contribution in [0.2, 0.25) is 0 Å². The molecule has 0 heterocycles. The minimum absolute atomic E-state index is 0.0485. The number of aliphatic carboxylic acids is 1. The zero-order chi connectivity index (χ0) is 17.7. The molecule has 0 aromatic heterocycles. The predicted molar refractivity (Wildman–Crippen MR) is 87.9 cm³/mol. The first-order chi connectivity index (χ1) is 10.6. The maximum atomic E-state index is 12.3. The van der Waals surface area contributed by atoms with E-state index in [1.807, 2.05) is 20.8 Å². The van der Waals surface area contributed by atoms with Gasteiger partial charge in [-0.2, -0.15) is 0 Å². The van der Waals surface area contributed by atoms with Crippen LogP contribution in [0.3, 0.4) is 0 Å². The Morgan fingerprint density at radius 1 is 1.13 bits per heavy atom. The molecule has 1 aliphatic carbocycles. The van der Waals surface area contributed by atoms with Gasteiger partial charge in [0.1, 0.15) is 5.54 Å². The van der Waals surface area contributed by atoms with Gasteiger partial charge in [-0.3, -0.25) is 9.59 Å². The van der Waals surface area contributed by atoms with Crippen LogP contribution in [-0.2, 0) is 14.4 Å². The first kappa shape index (κ1) is 19.5. The van der Waals surface area contributed by atoms with Gasteiger partial charge in [0, 0.05) is 25.4 Å². The second kappa shape index (κ2) is 7.79. The molecule has 0 spiro atoms. The fraction of sp³-hybridized carbons (Fsp3) is 0.824. The molecule has 0 radical (unpaired) electrons. The number of nitrogens with one attached hydrogen (secondary N) is 1. The van der Waals surface area contributed by atoms with Gasteiger partial charge in [0.05, 0.1) is 0 Å². The molecular weight excluding hydrogens is 296 g/mol. The molecule has 6 heteroatoms. The van der Waals surface area contributed by atoms with Crippen LogP contribution >= 0.6 is 0 Å². The Balaban J connectivity index is 2.50. The lowest BCUT2D eigenvalue weighted by molar-refractivity contribution is -0.160. The molecule has 1 rings (SSSR count). The van der Waals surface area contributed by atoms with Gasteiger partial charge in [-0.15, -0.1) is 0 Å². The Morgan fingerprint density at radius 3 is 2.17 bits per heavy atom. The third kappa shape index (κ3) is 4.94. The second-order valence-corrected chi connectivity index (χ2v) is 7.46. The van der Waals surface area contributed by atoms with E-state index in [4.69, 9.17) is 0 Å². The molecule has 0 bridgehead atoms. The lowest BCUT2D eigenvalue weighted by Gasteiger charge is -2.41. The Labute approximate surface area is 138 Å². The third-order valence-electron chi connectivity index (χ3n) is 4.63. The molecule has 0 unspecified atom stereocenters. The fourth-order valence-corrected chi connectivity index (χ4v) is 2.94. The number of carboxylic acid groups (broad SMARTS) is 1. The molecule has 1 aliphatic rings. The van der Waals surface area contributed by atoms with Crippen molar-refractivity contribution in [1.29, 1.82) is 0 Å². The number of nitrogens with zero attached hydrogens (tertiary/aromatic N) is 1. The van der Waals surface area contributed by atoms with E-state index in [1.165, 1.54) is 4.90 Å². The molecule has 0 saturated heterocycles. The summed E-state index contributed by atoms with van der Waals surface area (Å²) in [5, 5.41) is 12.4. The quantitative estimate of drug-likeness (QED) is 0.732. The van der Waals surface area contributed by atoms with E-state index >= 15 is 0 Å². The van der Waals surface area contributed by atoms with E-state index in [1.54, 1.807) is 7.05 Å². The summed E-state index contributed by atoms with van der Waals surface area (Å²) in [7, 11) is 1.59. The summed E-state index contributed by atoms with van der Waals surface area (Å²) in [6.45, 7) is 5.93. The van der Waals surface area contributed by atoms with Gasteiger partial charge in [0.25, 0.3) is 0 Å². The molecule has 2 N–H and O–H groups in total. The van der Waals surface area contributed by atoms with E-state index in [-0.39, 0.29) is 18.2 Å². The third-order valence-corrected chi connectivity index (χ3v) is 4.63. The molecule has 6 nitrogen and oxygen atoms in total. The monoisotopic (exact) mass is 326 g/mol. The normalized spacial score (nSPS) is 17.4. The summed E-state index contributed by atoms with van der Waals surface area (Å²) in [5.41, 5.74) is -1.50. The summed E-state index contributed by atoms with van der Waals surface area (Å²) in [4.78, 5) is 37.2. The van der Waals surface area contributed by atoms with Crippen molar-refractivity contribution in [2.45, 2.75) is 71.3 Å². The average Bonchev–Trinajstić information content (AvgIpc) is 2.49. The average molecular weight is 326 g/mol. The lowest BCUT2D eigenvalue weighted by Crippen LogP contribution is -2.56. The predicted octanol–water partition coefficient (Wildman–Crippen LogP) is 2.17. The van der Waals surface area contributed by atoms with Gasteiger partial charge in [-0.05, 0) is 19.3 Å². The van der Waals surface area contributed by atoms with Gasteiger partial charge in [-0.1, -0.05) is 40.0 Å². The Hall–Kier alpha value is -1.59. The van der Waals surface area contributed by atoms with Crippen molar-refractivity contribution in [1.82, 2.24) is 10.2 Å². The number of carbonyl (C=O) groups excluding carboxylic acids is 2. The SMILES string of the molecule is CN(C(=O)CCCNC(=O)C(C)(C)C)C1(C(=O)O)CCCCC1. The highest BCUT2D eigenvalue weighted by Gasteiger charge is 2.45. The van der Waals surface area contributed by atoms with E-state index in [9.17, 15) is 19.5 Å². The van der Waals surface area contributed by atoms with Crippen LogP contribution in [0, 0.1) is 5.41 Å². The van der Waals surface area contributed by atoms with Gasteiger partial charge < -0.3 is 15.3 Å². The highest BCUT2D eigenvalue weighted by molar-refractivity contribution is 5.87. The zero-order valence-corrected chi connectivity index (χ0v) is 14.8. The van der Waals surface area contributed by atoms with Crippen LogP contribution < -0.4 is 5.32 Å². The molecule has 23 heavy (non-hydrogen) atoms. The smallest absolute Gasteiger partial charge is 0.329 e. The number of carboxylic acids is 1. The van der Waals surface area contributed by atoms with Gasteiger partial charge in [0.15, 0.2) is 0 Å². The summed E-state index contributed by atoms with van der Waals surface area (Å²) in [6.07, 6.45) is 4.50. The number of hydrogen-bond donors (Lipinski definition) is 2. The summed E-state index contributed by atoms with van der Waals surface area (Å²) < 4.78 is 0. The highest BCUT2D eigenvalue weighted by Crippen LogP contribution is 2.33. The molecule has 0 atom stereocenters. The van der Waals surface area contributed by atoms with Crippen molar-refractivity contribution in [3.05, 3.63) is 0 Å². The molecule has 0 aromatic carbocycles. The Morgan fingerprint density at radius 2 is 1.70 bits per heavy atom. The largest absolute Gasteiger partial charge is 0.479 e. The van der Waals surface area contributed by atoms with Crippen LogP contribution in [0.15, 0.2) is 0 Å². The van der Waals surface area contributed by atoms with Gasteiger partial charge >= 0.3 is 5.97 Å². The number of likely N-dealkylation sites (N-methyl/N-ethyl adjacent to an activating group) is 1. The van der Waals surface area contributed by atoms with E-state index in [0.29, 0.717) is 25.8 Å². The van der Waals surface area contributed by atoms with Crippen LogP contribution in [0.4, 0.5) is 0 Å². The molecule has 0 aliphatic heterocycles. The van der Waals surface area contributed by atoms with Crippen molar-refractivity contribution < 1.29 is 19.5 Å². The highest BCUT2D eigenvalue weighted by atomic mass is 16.4. The summed E-state index contributed by atoms with van der Waals surface area (Å²) in [6, 6.07) is 0. The minimum atomic E-state index is -1.05. The summed E-state index contributed by atoms with van der Waals surface area (Å²) in [5.74, 6) is -1.12. The fourth-order valence-electron chi connectivity index (χ4n) is 2.94. The van der Waals surface area contributed by atoms with Crippen molar-refractivity contribution in [3.8, 4) is 0 Å². The molecule has 1 saturated carbocycles. The lowest BCUT2D eigenvalue weighted by atomic mass is 9.80. The van der Waals surface area contributed by atoms with Crippen LogP contribution in [0.1, 0.15) is 65.7 Å². The van der Waals surface area contributed by atoms with Crippen LogP contribution in [0.5, 0.6) is 0 Å². The molecule has 1 fully saturated rings. The number of rotatable bonds is 6. The number of carbonyl (C=O) groups is 3. The first-order valence-electron chi connectivity index (χ1n) is 8.39. The van der Waals surface area contributed by atoms with Gasteiger partial charge in [0.2, 0.25) is 11.8 Å². The van der Waals surface area contributed by atoms with E-state index in [2.05, 4.69) is 5.32 Å². The van der Waals surface area contributed by atoms with E-state index < -0.39 is 16.9 Å². The maximum Gasteiger partial charge on any atom is 0.329 e. The zero-order valence-electron chi connectivity index (χ0n) is 14.8. The van der Waals surface area contributed by atoms with Crippen molar-refractivity contribution in [3.63, 3.8) is 0 Å². The van der Waals surface area contributed by atoms with Gasteiger partial charge in [-0.25, -0.2) is 4.79 Å². The van der Waals surface area contributed by atoms with Crippen molar-refractivity contribution in [2.24, 2.45) is 5.41 Å². The molecule has 132 valence electrons. The standard InChI is InChI=1S/C17H30N2O4/c1-16(2,3)14(21)18-12-8-9-13(20)19(4)17(15(22)23)10-6-5-7-11-17/h5-12H2,1-4H3,(H,18,21)(H,22,23). The summed E-state index contributed by atoms with van der Waals surface area (Å²) >= 11 is 0.